The summed E-state index contributed by atoms with van der Waals surface area (Å²) in [5, 5.41) is 16.3. The van der Waals surface area contributed by atoms with Crippen LogP contribution in [0.25, 0.3) is 0 Å². The van der Waals surface area contributed by atoms with Crippen molar-refractivity contribution in [2.45, 2.75) is 65.2 Å². The van der Waals surface area contributed by atoms with Crippen molar-refractivity contribution in [2.24, 2.45) is 5.92 Å². The maximum atomic E-state index is 13.4. The molecule has 2 aromatic rings. The number of nitrogens with one attached hydrogen (secondary N) is 2. The van der Waals surface area contributed by atoms with Gasteiger partial charge in [0.05, 0.1) is 41.5 Å². The van der Waals surface area contributed by atoms with E-state index < -0.39 is 5.92 Å². The first-order chi connectivity index (χ1) is 19.4. The summed E-state index contributed by atoms with van der Waals surface area (Å²) in [6, 6.07) is 9.48. The number of carbonyl (C=O) groups excluding carboxylic acids is 2. The van der Waals surface area contributed by atoms with Gasteiger partial charge in [-0.15, -0.1) is 0 Å². The molecule has 0 fully saturated rings. The van der Waals surface area contributed by atoms with Crippen LogP contribution >= 0.6 is 15.9 Å². The Kier molecular flexibility index (Phi) is 10.1. The molecule has 4 rings (SSSR count). The summed E-state index contributed by atoms with van der Waals surface area (Å²) in [4.78, 5) is 25.4. The summed E-state index contributed by atoms with van der Waals surface area (Å²) in [5.74, 6) is 1.15. The van der Waals surface area contributed by atoms with Crippen molar-refractivity contribution in [3.05, 3.63) is 68.9 Å². The molecule has 2 aliphatic rings. The third-order valence-electron chi connectivity index (χ3n) is 7.24. The van der Waals surface area contributed by atoms with Gasteiger partial charge in [-0.05, 0) is 91.2 Å². The van der Waals surface area contributed by atoms with Crippen LogP contribution in [-0.2, 0) is 4.79 Å². The topological polar surface area (TPSA) is 114 Å². The lowest BCUT2D eigenvalue weighted by atomic mass is 9.72. The minimum absolute atomic E-state index is 0.103. The molecule has 2 atom stereocenters. The minimum Gasteiger partial charge on any atom is -0.490 e. The van der Waals surface area contributed by atoms with Crippen molar-refractivity contribution in [1.29, 1.82) is 5.26 Å². The van der Waals surface area contributed by atoms with Crippen LogP contribution in [-0.4, -0.2) is 31.4 Å². The maximum absolute atomic E-state index is 13.4. The van der Waals surface area contributed by atoms with Crippen molar-refractivity contribution in [1.82, 2.24) is 10.6 Å². The van der Waals surface area contributed by atoms with Crippen molar-refractivity contribution < 1.29 is 23.5 Å². The van der Waals surface area contributed by atoms with Crippen LogP contribution in [0.2, 0.25) is 0 Å². The Hall–Kier alpha value is -3.51. The molecule has 0 saturated carbocycles. The van der Waals surface area contributed by atoms with Gasteiger partial charge >= 0.3 is 0 Å². The molecule has 1 aromatic carbocycles. The molecule has 8 nitrogen and oxygen atoms in total. The Morgan fingerprint density at radius 3 is 2.77 bits per heavy atom. The molecule has 0 bridgehead atoms. The molecule has 40 heavy (non-hydrogen) atoms. The molecule has 0 radical (unpaired) electrons. The molecule has 1 aromatic heterocycles. The quantitative estimate of drug-likeness (QED) is 0.262. The molecule has 1 aliphatic heterocycles. The third kappa shape index (κ3) is 6.61. The highest BCUT2D eigenvalue weighted by Crippen LogP contribution is 2.47. The van der Waals surface area contributed by atoms with E-state index in [1.165, 1.54) is 6.26 Å². The van der Waals surface area contributed by atoms with Gasteiger partial charge in [0.25, 0.3) is 5.91 Å². The number of Topliss-reactive ketones (excluding diaryl/α,β-unsaturated/α-hetero) is 1. The number of ether oxygens (including phenoxy) is 2. The second kappa shape index (κ2) is 13.7. The van der Waals surface area contributed by atoms with E-state index in [1.54, 1.807) is 12.1 Å². The van der Waals surface area contributed by atoms with Crippen LogP contribution in [0.3, 0.4) is 0 Å². The Bertz CT molecular complexity index is 1340. The van der Waals surface area contributed by atoms with Gasteiger partial charge in [-0.25, -0.2) is 0 Å². The van der Waals surface area contributed by atoms with Gasteiger partial charge in [0, 0.05) is 29.9 Å². The number of dihydropyridines is 1. The number of hydrogen-bond acceptors (Lipinski definition) is 7. The van der Waals surface area contributed by atoms with Crippen molar-refractivity contribution in [3.8, 4) is 17.6 Å². The van der Waals surface area contributed by atoms with E-state index in [-0.39, 0.29) is 11.7 Å². The number of halogens is 1. The highest BCUT2D eigenvalue weighted by atomic mass is 79.9. The predicted octanol–water partition coefficient (Wildman–Crippen LogP) is 6.55. The monoisotopic (exact) mass is 609 g/mol. The van der Waals surface area contributed by atoms with Gasteiger partial charge < -0.3 is 24.5 Å². The lowest BCUT2D eigenvalue weighted by Gasteiger charge is -2.35. The number of carbonyl (C=O) groups is 2. The van der Waals surface area contributed by atoms with Gasteiger partial charge in [-0.2, -0.15) is 5.26 Å². The number of unbranched alkanes of at least 4 members (excludes halogenated alkanes) is 1. The maximum Gasteiger partial charge on any atom is 0.286 e. The summed E-state index contributed by atoms with van der Waals surface area (Å²) < 4.78 is 17.9. The van der Waals surface area contributed by atoms with Crippen LogP contribution in [0.1, 0.15) is 81.3 Å². The number of nitrogens with zero attached hydrogens (tertiary/aromatic N) is 1. The SMILES string of the molecule is CCCC1CC(=O)C2=C(C1)NC(C)=C(C#N)C2c1cc(Br)c(OCCCCNC(=O)c2ccco2)c(OCC)c1. The number of furan rings is 1. The number of allylic oxidation sites excluding steroid dienone is 4. The fourth-order valence-corrected chi connectivity index (χ4v) is 6.04. The largest absolute Gasteiger partial charge is 0.490 e. The zero-order valence-corrected chi connectivity index (χ0v) is 24.9. The highest BCUT2D eigenvalue weighted by molar-refractivity contribution is 9.10. The summed E-state index contributed by atoms with van der Waals surface area (Å²) in [6.45, 7) is 7.31. The van der Waals surface area contributed by atoms with Gasteiger partial charge in [0.2, 0.25) is 0 Å². The first-order valence-corrected chi connectivity index (χ1v) is 14.7. The Labute approximate surface area is 243 Å². The summed E-state index contributed by atoms with van der Waals surface area (Å²) in [5.41, 5.74) is 3.76. The van der Waals surface area contributed by atoms with E-state index in [9.17, 15) is 14.9 Å². The number of rotatable bonds is 12. The van der Waals surface area contributed by atoms with E-state index in [4.69, 9.17) is 13.9 Å². The number of ketones is 1. The zero-order chi connectivity index (χ0) is 28.6. The fourth-order valence-electron chi connectivity index (χ4n) is 5.47. The summed E-state index contributed by atoms with van der Waals surface area (Å²) >= 11 is 3.66. The molecule has 0 saturated heterocycles. The first kappa shape index (κ1) is 29.5. The molecule has 212 valence electrons. The Morgan fingerprint density at radius 1 is 1.25 bits per heavy atom. The standard InChI is InChI=1S/C31H36BrN3O5/c1-4-9-20-14-24-29(25(36)15-20)28(22(18-33)19(3)35-24)21-16-23(32)30(27(17-21)38-5-2)40-12-7-6-11-34-31(37)26-10-8-13-39-26/h8,10,13,16-17,20,28,35H,4-7,9,11-12,14-15H2,1-3H3,(H,34,37). The Balaban J connectivity index is 1.51. The molecule has 2 heterocycles. The van der Waals surface area contributed by atoms with Crippen LogP contribution in [0, 0.1) is 17.2 Å². The van der Waals surface area contributed by atoms with E-state index in [0.717, 1.165) is 49.1 Å². The first-order valence-electron chi connectivity index (χ1n) is 13.9. The molecule has 1 amide bonds. The van der Waals surface area contributed by atoms with E-state index >= 15 is 0 Å². The van der Waals surface area contributed by atoms with Crippen LogP contribution < -0.4 is 20.1 Å². The van der Waals surface area contributed by atoms with E-state index in [2.05, 4.69) is 39.6 Å². The van der Waals surface area contributed by atoms with Crippen molar-refractivity contribution in [3.63, 3.8) is 0 Å². The second-order valence-electron chi connectivity index (χ2n) is 10.1. The normalized spacial score (nSPS) is 18.6. The highest BCUT2D eigenvalue weighted by Gasteiger charge is 2.39. The van der Waals surface area contributed by atoms with Gasteiger partial charge in [-0.3, -0.25) is 9.59 Å². The molecular weight excluding hydrogens is 574 g/mol. The van der Waals surface area contributed by atoms with Gasteiger partial charge in [-0.1, -0.05) is 13.3 Å². The molecule has 0 spiro atoms. The van der Waals surface area contributed by atoms with Crippen LogP contribution in [0.5, 0.6) is 11.5 Å². The molecule has 9 heteroatoms. The number of benzene rings is 1. The summed E-state index contributed by atoms with van der Waals surface area (Å²) in [6.07, 6.45) is 6.28. The van der Waals surface area contributed by atoms with Crippen LogP contribution in [0.15, 0.2) is 62.0 Å². The predicted molar refractivity (Wildman–Crippen MR) is 155 cm³/mol. The average molecular weight is 611 g/mol. The molecule has 1 aliphatic carbocycles. The summed E-state index contributed by atoms with van der Waals surface area (Å²) in [7, 11) is 0. The Morgan fingerprint density at radius 2 is 2.08 bits per heavy atom. The van der Waals surface area contributed by atoms with Gasteiger partial charge in [0.1, 0.15) is 0 Å². The van der Waals surface area contributed by atoms with E-state index in [0.29, 0.717) is 65.0 Å². The number of hydrogen-bond donors (Lipinski definition) is 2. The minimum atomic E-state index is -0.460. The smallest absolute Gasteiger partial charge is 0.286 e. The number of amides is 1. The van der Waals surface area contributed by atoms with Gasteiger partial charge in [0.15, 0.2) is 23.0 Å². The van der Waals surface area contributed by atoms with Crippen LogP contribution in [0.4, 0.5) is 0 Å². The van der Waals surface area contributed by atoms with E-state index in [1.807, 2.05) is 26.0 Å². The average Bonchev–Trinajstić information content (AvgIpc) is 3.46. The second-order valence-corrected chi connectivity index (χ2v) is 11.0. The van der Waals surface area contributed by atoms with Crippen molar-refractivity contribution in [2.75, 3.05) is 19.8 Å². The van der Waals surface area contributed by atoms with Crippen molar-refractivity contribution >= 4 is 27.6 Å². The lowest BCUT2D eigenvalue weighted by molar-refractivity contribution is -0.117. The lowest BCUT2D eigenvalue weighted by Crippen LogP contribution is -2.34. The molecular formula is C31H36BrN3O5. The molecule has 2 N–H and O–H groups in total. The number of nitriles is 1. The zero-order valence-electron chi connectivity index (χ0n) is 23.3. The molecule has 2 unspecified atom stereocenters. The fraction of sp³-hybridized carbons (Fsp3) is 0.452. The third-order valence-corrected chi connectivity index (χ3v) is 7.83.